The first-order valence-corrected chi connectivity index (χ1v) is 6.35. The van der Waals surface area contributed by atoms with Crippen molar-refractivity contribution in [3.05, 3.63) is 35.4 Å². The standard InChI is InChI=1S/C14H19F2N/c1-10(17-9-11-4-2-3-5-11)13-7-6-12(15)8-14(13)16/h6-8,10-11,17H,2-5,9H2,1H3. The predicted molar refractivity (Wildman–Crippen MR) is 64.7 cm³/mol. The lowest BCUT2D eigenvalue weighted by Gasteiger charge is -2.18. The van der Waals surface area contributed by atoms with Gasteiger partial charge in [0.15, 0.2) is 0 Å². The summed E-state index contributed by atoms with van der Waals surface area (Å²) in [6.45, 7) is 2.85. The van der Waals surface area contributed by atoms with E-state index in [1.54, 1.807) is 0 Å². The van der Waals surface area contributed by atoms with Gasteiger partial charge in [-0.2, -0.15) is 0 Å². The minimum atomic E-state index is -0.519. The molecule has 0 aromatic heterocycles. The summed E-state index contributed by atoms with van der Waals surface area (Å²) in [5.74, 6) is -0.258. The number of benzene rings is 1. The van der Waals surface area contributed by atoms with E-state index in [9.17, 15) is 8.78 Å². The molecule has 0 aliphatic heterocycles. The third-order valence-electron chi connectivity index (χ3n) is 3.62. The fourth-order valence-corrected chi connectivity index (χ4v) is 2.52. The molecule has 0 heterocycles. The smallest absolute Gasteiger partial charge is 0.130 e. The molecule has 1 aliphatic carbocycles. The average molecular weight is 239 g/mol. The Morgan fingerprint density at radius 2 is 2.00 bits per heavy atom. The van der Waals surface area contributed by atoms with Crippen molar-refractivity contribution in [2.45, 2.75) is 38.6 Å². The average Bonchev–Trinajstić information content (AvgIpc) is 2.78. The molecule has 1 atom stereocenters. The maximum Gasteiger partial charge on any atom is 0.130 e. The van der Waals surface area contributed by atoms with Gasteiger partial charge in [0.25, 0.3) is 0 Å². The molecule has 1 saturated carbocycles. The van der Waals surface area contributed by atoms with Crippen LogP contribution in [0.1, 0.15) is 44.2 Å². The summed E-state index contributed by atoms with van der Waals surface area (Å²) in [7, 11) is 0. The highest BCUT2D eigenvalue weighted by Gasteiger charge is 2.17. The molecule has 1 aliphatic rings. The normalized spacial score (nSPS) is 18.5. The second kappa shape index (κ2) is 5.58. The number of hydrogen-bond acceptors (Lipinski definition) is 1. The molecule has 1 nitrogen and oxygen atoms in total. The fraction of sp³-hybridized carbons (Fsp3) is 0.571. The van der Waals surface area contributed by atoms with Gasteiger partial charge in [0.2, 0.25) is 0 Å². The Morgan fingerprint density at radius 3 is 2.65 bits per heavy atom. The number of hydrogen-bond donors (Lipinski definition) is 1. The molecule has 1 unspecified atom stereocenters. The van der Waals surface area contributed by atoms with Crippen LogP contribution in [0.15, 0.2) is 18.2 Å². The quantitative estimate of drug-likeness (QED) is 0.842. The summed E-state index contributed by atoms with van der Waals surface area (Å²) in [5, 5.41) is 3.34. The molecule has 0 saturated heterocycles. The van der Waals surface area contributed by atoms with Gasteiger partial charge < -0.3 is 5.32 Å². The van der Waals surface area contributed by atoms with Gasteiger partial charge >= 0.3 is 0 Å². The highest BCUT2D eigenvalue weighted by atomic mass is 19.1. The minimum Gasteiger partial charge on any atom is -0.310 e. The van der Waals surface area contributed by atoms with Gasteiger partial charge in [-0.15, -0.1) is 0 Å². The van der Waals surface area contributed by atoms with Gasteiger partial charge in [-0.05, 0) is 38.3 Å². The molecule has 1 N–H and O–H groups in total. The topological polar surface area (TPSA) is 12.0 Å². The number of nitrogens with one attached hydrogen (secondary N) is 1. The van der Waals surface area contributed by atoms with Gasteiger partial charge in [-0.25, -0.2) is 8.78 Å². The second-order valence-electron chi connectivity index (χ2n) is 4.95. The van der Waals surface area contributed by atoms with E-state index in [4.69, 9.17) is 0 Å². The number of halogens is 2. The molecule has 2 rings (SSSR count). The molecule has 3 heteroatoms. The summed E-state index contributed by atoms with van der Waals surface area (Å²) in [6.07, 6.45) is 5.16. The van der Waals surface area contributed by atoms with Crippen LogP contribution in [0.2, 0.25) is 0 Å². The van der Waals surface area contributed by atoms with Gasteiger partial charge in [0, 0.05) is 17.7 Å². The largest absolute Gasteiger partial charge is 0.310 e. The summed E-state index contributed by atoms with van der Waals surface area (Å²) in [6, 6.07) is 3.72. The van der Waals surface area contributed by atoms with Gasteiger partial charge in [0.05, 0.1) is 0 Å². The Balaban J connectivity index is 1.91. The molecule has 17 heavy (non-hydrogen) atoms. The summed E-state index contributed by atoms with van der Waals surface area (Å²) in [5.41, 5.74) is 0.546. The molecule has 94 valence electrons. The van der Waals surface area contributed by atoms with E-state index in [1.165, 1.54) is 37.8 Å². The van der Waals surface area contributed by atoms with Crippen LogP contribution in [-0.4, -0.2) is 6.54 Å². The summed E-state index contributed by atoms with van der Waals surface area (Å²) < 4.78 is 26.3. The predicted octanol–water partition coefficient (Wildman–Crippen LogP) is 3.81. The molecule has 1 aromatic rings. The van der Waals surface area contributed by atoms with Crippen LogP contribution in [0, 0.1) is 17.6 Å². The van der Waals surface area contributed by atoms with Gasteiger partial charge in [0.1, 0.15) is 11.6 Å². The van der Waals surface area contributed by atoms with Crippen LogP contribution in [-0.2, 0) is 0 Å². The molecule has 0 bridgehead atoms. The SMILES string of the molecule is CC(NCC1CCCC1)c1ccc(F)cc1F. The van der Waals surface area contributed by atoms with E-state index in [-0.39, 0.29) is 6.04 Å². The van der Waals surface area contributed by atoms with E-state index < -0.39 is 11.6 Å². The van der Waals surface area contributed by atoms with E-state index >= 15 is 0 Å². The van der Waals surface area contributed by atoms with Crippen LogP contribution in [0.4, 0.5) is 8.78 Å². The Hall–Kier alpha value is -0.960. The maximum absolute atomic E-state index is 13.5. The lowest BCUT2D eigenvalue weighted by molar-refractivity contribution is 0.442. The van der Waals surface area contributed by atoms with Crippen molar-refractivity contribution in [3.8, 4) is 0 Å². The Bertz CT molecular complexity index is 372. The van der Waals surface area contributed by atoms with E-state index in [2.05, 4.69) is 5.32 Å². The van der Waals surface area contributed by atoms with E-state index in [0.29, 0.717) is 5.56 Å². The zero-order chi connectivity index (χ0) is 12.3. The van der Waals surface area contributed by atoms with Crippen LogP contribution < -0.4 is 5.32 Å². The highest BCUT2D eigenvalue weighted by Crippen LogP contribution is 2.25. The van der Waals surface area contributed by atoms with Crippen molar-refractivity contribution < 1.29 is 8.78 Å². The molecular weight excluding hydrogens is 220 g/mol. The summed E-state index contributed by atoms with van der Waals surface area (Å²) >= 11 is 0. The molecular formula is C14H19F2N. The third-order valence-corrected chi connectivity index (χ3v) is 3.62. The van der Waals surface area contributed by atoms with Gasteiger partial charge in [-0.1, -0.05) is 18.9 Å². The van der Waals surface area contributed by atoms with E-state index in [1.807, 2.05) is 6.92 Å². The number of rotatable bonds is 4. The molecule has 0 radical (unpaired) electrons. The Kier molecular flexibility index (Phi) is 4.11. The van der Waals surface area contributed by atoms with Crippen molar-refractivity contribution in [1.29, 1.82) is 0 Å². The zero-order valence-corrected chi connectivity index (χ0v) is 10.2. The van der Waals surface area contributed by atoms with Crippen molar-refractivity contribution in [2.24, 2.45) is 5.92 Å². The monoisotopic (exact) mass is 239 g/mol. The lowest BCUT2D eigenvalue weighted by atomic mass is 10.0. The zero-order valence-electron chi connectivity index (χ0n) is 10.2. The first kappa shape index (κ1) is 12.5. The molecule has 0 spiro atoms. The van der Waals surface area contributed by atoms with Crippen molar-refractivity contribution in [1.82, 2.24) is 5.32 Å². The van der Waals surface area contributed by atoms with Crippen molar-refractivity contribution in [3.63, 3.8) is 0 Å². The minimum absolute atomic E-state index is 0.0591. The third kappa shape index (κ3) is 3.25. The molecule has 1 fully saturated rings. The molecule has 0 amide bonds. The van der Waals surface area contributed by atoms with Crippen molar-refractivity contribution >= 4 is 0 Å². The van der Waals surface area contributed by atoms with Crippen LogP contribution in [0.5, 0.6) is 0 Å². The van der Waals surface area contributed by atoms with Crippen LogP contribution in [0.3, 0.4) is 0 Å². The first-order chi connectivity index (χ1) is 8.16. The Morgan fingerprint density at radius 1 is 1.29 bits per heavy atom. The second-order valence-corrected chi connectivity index (χ2v) is 4.95. The van der Waals surface area contributed by atoms with Crippen LogP contribution >= 0.6 is 0 Å². The summed E-state index contributed by atoms with van der Waals surface area (Å²) in [4.78, 5) is 0. The first-order valence-electron chi connectivity index (χ1n) is 6.35. The highest BCUT2D eigenvalue weighted by molar-refractivity contribution is 5.21. The van der Waals surface area contributed by atoms with Crippen LogP contribution in [0.25, 0.3) is 0 Å². The van der Waals surface area contributed by atoms with Gasteiger partial charge in [-0.3, -0.25) is 0 Å². The van der Waals surface area contributed by atoms with Crippen molar-refractivity contribution in [2.75, 3.05) is 6.54 Å². The molecule has 1 aromatic carbocycles. The fourth-order valence-electron chi connectivity index (χ4n) is 2.52. The maximum atomic E-state index is 13.5. The van der Waals surface area contributed by atoms with E-state index in [0.717, 1.165) is 18.5 Å². The Labute approximate surface area is 101 Å². The lowest BCUT2D eigenvalue weighted by Crippen LogP contribution is -2.25.